The molecule has 0 bridgehead atoms. The molecule has 0 aliphatic rings. The summed E-state index contributed by atoms with van der Waals surface area (Å²) in [5, 5.41) is 14.0. The van der Waals surface area contributed by atoms with E-state index < -0.39 is 4.92 Å². The highest BCUT2D eigenvalue weighted by Crippen LogP contribution is 2.30. The summed E-state index contributed by atoms with van der Waals surface area (Å²) in [5.74, 6) is -0.0370. The lowest BCUT2D eigenvalue weighted by molar-refractivity contribution is -0.385. The van der Waals surface area contributed by atoms with Crippen molar-refractivity contribution in [2.75, 3.05) is 19.0 Å². The SMILES string of the molecule is COc1cc(OCC(=O)Nc2ccc(C)c(Cl)c2)ccc1[N+](=O)[O-]. The zero-order chi connectivity index (χ0) is 17.7. The number of aryl methyl sites for hydroxylation is 1. The molecule has 0 aliphatic heterocycles. The second-order valence-electron chi connectivity index (χ2n) is 4.89. The normalized spacial score (nSPS) is 10.1. The molecular weight excluding hydrogens is 336 g/mol. The molecular formula is C16H15ClN2O5. The fraction of sp³-hybridized carbons (Fsp3) is 0.188. The lowest BCUT2D eigenvalue weighted by Crippen LogP contribution is -2.20. The molecule has 2 aromatic carbocycles. The molecule has 0 saturated heterocycles. The van der Waals surface area contributed by atoms with Gasteiger partial charge in [-0.3, -0.25) is 14.9 Å². The Balaban J connectivity index is 1.98. The van der Waals surface area contributed by atoms with Gasteiger partial charge in [0.1, 0.15) is 5.75 Å². The summed E-state index contributed by atoms with van der Waals surface area (Å²) in [7, 11) is 1.32. The molecule has 0 aliphatic carbocycles. The number of halogens is 1. The van der Waals surface area contributed by atoms with Gasteiger partial charge in [0, 0.05) is 22.8 Å². The molecule has 0 atom stereocenters. The molecule has 0 unspecified atom stereocenters. The van der Waals surface area contributed by atoms with Crippen molar-refractivity contribution in [1.82, 2.24) is 0 Å². The van der Waals surface area contributed by atoms with Crippen LogP contribution < -0.4 is 14.8 Å². The third-order valence-electron chi connectivity index (χ3n) is 3.17. The minimum Gasteiger partial charge on any atom is -0.490 e. The van der Waals surface area contributed by atoms with Gasteiger partial charge < -0.3 is 14.8 Å². The molecule has 0 fully saturated rings. The first-order chi connectivity index (χ1) is 11.4. The van der Waals surface area contributed by atoms with Gasteiger partial charge >= 0.3 is 5.69 Å². The van der Waals surface area contributed by atoms with E-state index in [1.54, 1.807) is 18.2 Å². The second-order valence-corrected chi connectivity index (χ2v) is 5.30. The molecule has 0 heterocycles. The van der Waals surface area contributed by atoms with E-state index in [0.717, 1.165) is 5.56 Å². The van der Waals surface area contributed by atoms with Crippen molar-refractivity contribution in [2.45, 2.75) is 6.92 Å². The Labute approximate surface area is 143 Å². The second kappa shape index (κ2) is 7.65. The summed E-state index contributed by atoms with van der Waals surface area (Å²) in [6.07, 6.45) is 0. The molecule has 2 rings (SSSR count). The Hall–Kier alpha value is -2.80. The summed E-state index contributed by atoms with van der Waals surface area (Å²) in [6, 6.07) is 9.17. The number of benzene rings is 2. The molecule has 8 heteroatoms. The van der Waals surface area contributed by atoms with Gasteiger partial charge in [0.05, 0.1) is 12.0 Å². The van der Waals surface area contributed by atoms with E-state index in [1.807, 2.05) is 6.92 Å². The van der Waals surface area contributed by atoms with Gasteiger partial charge in [0.25, 0.3) is 5.91 Å². The Morgan fingerprint density at radius 3 is 2.67 bits per heavy atom. The van der Waals surface area contributed by atoms with E-state index in [0.29, 0.717) is 10.7 Å². The van der Waals surface area contributed by atoms with Crippen LogP contribution in [0.25, 0.3) is 0 Å². The van der Waals surface area contributed by atoms with E-state index in [4.69, 9.17) is 21.1 Å². The zero-order valence-electron chi connectivity index (χ0n) is 13.0. The Morgan fingerprint density at radius 1 is 1.29 bits per heavy atom. The van der Waals surface area contributed by atoms with Crippen LogP contribution in [0.4, 0.5) is 11.4 Å². The topological polar surface area (TPSA) is 90.7 Å². The monoisotopic (exact) mass is 350 g/mol. The maximum atomic E-state index is 11.9. The minimum atomic E-state index is -0.559. The van der Waals surface area contributed by atoms with Crippen LogP contribution in [0.5, 0.6) is 11.5 Å². The van der Waals surface area contributed by atoms with Crippen LogP contribution in [0.2, 0.25) is 5.02 Å². The number of nitro groups is 1. The summed E-state index contributed by atoms with van der Waals surface area (Å²) >= 11 is 5.99. The van der Waals surface area contributed by atoms with Crippen LogP contribution in [0.15, 0.2) is 36.4 Å². The van der Waals surface area contributed by atoms with Crippen molar-refractivity contribution >= 4 is 28.9 Å². The Morgan fingerprint density at radius 2 is 2.04 bits per heavy atom. The van der Waals surface area contributed by atoms with Crippen LogP contribution in [0.1, 0.15) is 5.56 Å². The van der Waals surface area contributed by atoms with Gasteiger partial charge in [0.15, 0.2) is 6.61 Å². The zero-order valence-corrected chi connectivity index (χ0v) is 13.8. The lowest BCUT2D eigenvalue weighted by atomic mass is 10.2. The van der Waals surface area contributed by atoms with Gasteiger partial charge in [-0.2, -0.15) is 0 Å². The molecule has 7 nitrogen and oxygen atoms in total. The van der Waals surface area contributed by atoms with Crippen LogP contribution in [-0.2, 0) is 4.79 Å². The lowest BCUT2D eigenvalue weighted by Gasteiger charge is -2.09. The first-order valence-corrected chi connectivity index (χ1v) is 7.29. The van der Waals surface area contributed by atoms with Crippen molar-refractivity contribution in [2.24, 2.45) is 0 Å². The number of nitrogens with zero attached hydrogens (tertiary/aromatic N) is 1. The number of anilines is 1. The van der Waals surface area contributed by atoms with Crippen LogP contribution in [0, 0.1) is 17.0 Å². The van der Waals surface area contributed by atoms with Gasteiger partial charge in [-0.1, -0.05) is 17.7 Å². The van der Waals surface area contributed by atoms with Crippen molar-refractivity contribution in [3.63, 3.8) is 0 Å². The largest absolute Gasteiger partial charge is 0.490 e. The Bertz CT molecular complexity index is 779. The van der Waals surface area contributed by atoms with E-state index in [1.165, 1.54) is 25.3 Å². The summed E-state index contributed by atoms with van der Waals surface area (Å²) in [4.78, 5) is 22.2. The van der Waals surface area contributed by atoms with E-state index in [2.05, 4.69) is 5.32 Å². The van der Waals surface area contributed by atoms with Crippen molar-refractivity contribution < 1.29 is 19.2 Å². The fourth-order valence-electron chi connectivity index (χ4n) is 1.92. The van der Waals surface area contributed by atoms with E-state index >= 15 is 0 Å². The number of amides is 1. The van der Waals surface area contributed by atoms with Gasteiger partial charge in [-0.15, -0.1) is 0 Å². The van der Waals surface area contributed by atoms with Gasteiger partial charge in [-0.05, 0) is 30.7 Å². The predicted octanol–water partition coefficient (Wildman–Crippen LogP) is 3.58. The van der Waals surface area contributed by atoms with Gasteiger partial charge in [-0.25, -0.2) is 0 Å². The summed E-state index contributed by atoms with van der Waals surface area (Å²) < 4.78 is 10.3. The highest BCUT2D eigenvalue weighted by molar-refractivity contribution is 6.31. The number of hydrogen-bond acceptors (Lipinski definition) is 5. The summed E-state index contributed by atoms with van der Waals surface area (Å²) in [6.45, 7) is 1.60. The number of methoxy groups -OCH3 is 1. The highest BCUT2D eigenvalue weighted by Gasteiger charge is 2.15. The fourth-order valence-corrected chi connectivity index (χ4v) is 2.10. The summed E-state index contributed by atoms with van der Waals surface area (Å²) in [5.41, 5.74) is 1.29. The average Bonchev–Trinajstić information content (AvgIpc) is 2.56. The molecule has 0 saturated carbocycles. The number of nitro benzene ring substituents is 1. The van der Waals surface area contributed by atoms with Crippen molar-refractivity contribution in [3.05, 3.63) is 57.1 Å². The Kier molecular flexibility index (Phi) is 5.59. The number of rotatable bonds is 6. The van der Waals surface area contributed by atoms with Crippen molar-refractivity contribution in [3.8, 4) is 11.5 Å². The smallest absolute Gasteiger partial charge is 0.311 e. The van der Waals surface area contributed by atoms with Gasteiger partial charge in [0.2, 0.25) is 5.75 Å². The molecule has 1 N–H and O–H groups in total. The molecule has 24 heavy (non-hydrogen) atoms. The van der Waals surface area contributed by atoms with Crippen molar-refractivity contribution in [1.29, 1.82) is 0 Å². The minimum absolute atomic E-state index is 0.0585. The van der Waals surface area contributed by atoms with Crippen LogP contribution in [0.3, 0.4) is 0 Å². The molecule has 1 amide bonds. The third-order valence-corrected chi connectivity index (χ3v) is 3.58. The van der Waals surface area contributed by atoms with Crippen LogP contribution >= 0.6 is 11.6 Å². The first kappa shape index (κ1) is 17.6. The standard InChI is InChI=1S/C16H15ClN2O5/c1-10-3-4-11(7-13(10)17)18-16(20)9-24-12-5-6-14(19(21)22)15(8-12)23-2/h3-8H,9H2,1-2H3,(H,18,20). The molecule has 0 aromatic heterocycles. The molecule has 126 valence electrons. The molecule has 2 aromatic rings. The number of nitrogens with one attached hydrogen (secondary N) is 1. The average molecular weight is 351 g/mol. The van der Waals surface area contributed by atoms with E-state index in [-0.39, 0.29) is 29.7 Å². The number of hydrogen-bond donors (Lipinski definition) is 1. The number of carbonyl (C=O) groups is 1. The maximum absolute atomic E-state index is 11.9. The molecule has 0 radical (unpaired) electrons. The van der Waals surface area contributed by atoms with E-state index in [9.17, 15) is 14.9 Å². The van der Waals surface area contributed by atoms with Crippen LogP contribution in [-0.4, -0.2) is 24.5 Å². The maximum Gasteiger partial charge on any atom is 0.311 e. The quantitative estimate of drug-likeness (QED) is 0.635. The number of ether oxygens (including phenoxy) is 2. The first-order valence-electron chi connectivity index (χ1n) is 6.92. The molecule has 0 spiro atoms. The predicted molar refractivity (Wildman–Crippen MR) is 90.0 cm³/mol. The third kappa shape index (κ3) is 4.36. The highest BCUT2D eigenvalue weighted by atomic mass is 35.5. The number of carbonyl (C=O) groups excluding carboxylic acids is 1.